The zero-order chi connectivity index (χ0) is 27.5. The van der Waals surface area contributed by atoms with Crippen LogP contribution in [-0.2, 0) is 14.3 Å². The number of hydrogen-bond acceptors (Lipinski definition) is 14. The molecular formula is C20H20O14. The normalized spacial score (nSPS) is 15.3. The summed E-state index contributed by atoms with van der Waals surface area (Å²) in [6, 6.07) is -0.799. The van der Waals surface area contributed by atoms with Crippen molar-refractivity contribution in [3.05, 3.63) is 35.3 Å². The Morgan fingerprint density at radius 2 is 1.32 bits per heavy atom. The molecule has 3 atom stereocenters. The highest BCUT2D eigenvalue weighted by Gasteiger charge is 2.42. The van der Waals surface area contributed by atoms with E-state index in [-0.39, 0.29) is 6.29 Å². The minimum atomic E-state index is -3.00. The van der Waals surface area contributed by atoms with E-state index in [4.69, 9.17) is 2.74 Å². The predicted octanol–water partition coefficient (Wildman–Crippen LogP) is -1.41. The van der Waals surface area contributed by atoms with Gasteiger partial charge >= 0.3 is 11.9 Å². The van der Waals surface area contributed by atoms with E-state index in [9.17, 15) is 60.3 Å². The fourth-order valence-electron chi connectivity index (χ4n) is 2.43. The Hall–Kier alpha value is -4.27. The fourth-order valence-corrected chi connectivity index (χ4v) is 2.43. The minimum Gasteiger partial charge on any atom is -0.504 e. The van der Waals surface area contributed by atoms with Gasteiger partial charge in [-0.25, -0.2) is 9.59 Å². The number of esters is 2. The summed E-state index contributed by atoms with van der Waals surface area (Å²) in [5.74, 6) is -9.37. The molecule has 34 heavy (non-hydrogen) atoms. The molecule has 0 aliphatic carbocycles. The molecule has 0 saturated carbocycles. The molecule has 0 radical (unpaired) electrons. The summed E-state index contributed by atoms with van der Waals surface area (Å²) >= 11 is 0. The highest BCUT2D eigenvalue weighted by molar-refractivity contribution is 5.91. The number of hydrogen-bond donors (Lipinski definition) is 9. The molecule has 0 fully saturated rings. The Morgan fingerprint density at radius 3 is 1.76 bits per heavy atom. The summed E-state index contributed by atoms with van der Waals surface area (Å²) in [7, 11) is 0. The van der Waals surface area contributed by atoms with Crippen molar-refractivity contribution in [3.8, 4) is 34.5 Å². The molecule has 2 aromatic carbocycles. The molecule has 2 aromatic rings. The van der Waals surface area contributed by atoms with Crippen LogP contribution in [0.5, 0.6) is 34.5 Å². The van der Waals surface area contributed by atoms with Crippen LogP contribution in [0.25, 0.3) is 0 Å². The van der Waals surface area contributed by atoms with Crippen LogP contribution in [0.4, 0.5) is 0 Å². The van der Waals surface area contributed by atoms with Crippen molar-refractivity contribution in [1.29, 1.82) is 0 Å². The second kappa shape index (κ2) is 10.1. The second-order valence-corrected chi connectivity index (χ2v) is 6.83. The van der Waals surface area contributed by atoms with Gasteiger partial charge in [0.2, 0.25) is 0 Å². The van der Waals surface area contributed by atoms with Crippen molar-refractivity contribution < 1.29 is 72.6 Å². The van der Waals surface area contributed by atoms with Gasteiger partial charge in [-0.05, 0) is 24.2 Å². The van der Waals surface area contributed by atoms with Gasteiger partial charge in [0.15, 0.2) is 46.4 Å². The average Bonchev–Trinajstić information content (AvgIpc) is 2.86. The smallest absolute Gasteiger partial charge is 0.338 e. The van der Waals surface area contributed by atoms with Gasteiger partial charge < -0.3 is 55.4 Å². The van der Waals surface area contributed by atoms with Crippen molar-refractivity contribution in [1.82, 2.24) is 0 Å². The summed E-state index contributed by atoms with van der Waals surface area (Å²) in [5.41, 5.74) is -4.55. The monoisotopic (exact) mass is 486 g/mol. The summed E-state index contributed by atoms with van der Waals surface area (Å²) in [4.78, 5) is 35.6. The highest BCUT2D eigenvalue weighted by atomic mass is 16.6. The maximum absolute atomic E-state index is 12.2. The van der Waals surface area contributed by atoms with E-state index in [1.807, 2.05) is 0 Å². The lowest BCUT2D eigenvalue weighted by molar-refractivity contribution is -0.163. The maximum Gasteiger partial charge on any atom is 0.338 e. The topological polar surface area (TPSA) is 252 Å². The van der Waals surface area contributed by atoms with Crippen LogP contribution in [0.15, 0.2) is 24.2 Å². The van der Waals surface area contributed by atoms with Gasteiger partial charge in [0.05, 0.1) is 13.9 Å². The largest absolute Gasteiger partial charge is 0.504 e. The zero-order valence-electron chi connectivity index (χ0n) is 18.9. The second-order valence-electron chi connectivity index (χ2n) is 6.83. The molecule has 0 unspecified atom stereocenters. The van der Waals surface area contributed by atoms with Gasteiger partial charge in [-0.3, -0.25) is 4.79 Å². The molecule has 9 N–H and O–H groups in total. The van der Waals surface area contributed by atoms with E-state index in [2.05, 4.69) is 9.47 Å². The maximum atomic E-state index is 12.2. The third-order valence-corrected chi connectivity index (χ3v) is 4.34. The number of aliphatic hydroxyl groups excluding tert-OH is 2. The van der Waals surface area contributed by atoms with Crippen molar-refractivity contribution in [2.75, 3.05) is 13.2 Å². The molecule has 0 bridgehead atoms. The van der Waals surface area contributed by atoms with Crippen LogP contribution in [0, 0.1) is 0 Å². The predicted molar refractivity (Wildman–Crippen MR) is 106 cm³/mol. The molecule has 14 heteroatoms. The first-order valence-electron chi connectivity index (χ1n) is 10.0. The number of aldehydes is 1. The zero-order valence-corrected chi connectivity index (χ0v) is 16.9. The molecule has 184 valence electrons. The molecule has 0 heterocycles. The van der Waals surface area contributed by atoms with Crippen LogP contribution in [-0.4, -0.2) is 95.2 Å². The van der Waals surface area contributed by atoms with E-state index >= 15 is 0 Å². The lowest BCUT2D eigenvalue weighted by atomic mass is 9.95. The van der Waals surface area contributed by atoms with Gasteiger partial charge in [-0.1, -0.05) is 0 Å². The van der Waals surface area contributed by atoms with Crippen molar-refractivity contribution in [2.24, 2.45) is 0 Å². The van der Waals surface area contributed by atoms with E-state index in [0.717, 1.165) is 0 Å². The summed E-state index contributed by atoms with van der Waals surface area (Å²) in [6.07, 6.45) is -4.98. The van der Waals surface area contributed by atoms with E-state index in [0.29, 0.717) is 12.1 Å². The van der Waals surface area contributed by atoms with Gasteiger partial charge in [0.25, 0.3) is 0 Å². The van der Waals surface area contributed by atoms with Crippen LogP contribution in [0.3, 0.4) is 0 Å². The van der Waals surface area contributed by atoms with Crippen LogP contribution in [0.1, 0.15) is 23.5 Å². The summed E-state index contributed by atoms with van der Waals surface area (Å²) in [6.45, 7) is -2.46. The summed E-state index contributed by atoms with van der Waals surface area (Å²) < 4.78 is 24.3. The van der Waals surface area contributed by atoms with Crippen molar-refractivity contribution >= 4 is 18.2 Å². The number of aliphatic hydroxyl groups is 3. The third-order valence-electron chi connectivity index (χ3n) is 4.34. The standard InChI is InChI=1S/C20H20O14/c21-6-20(32,7-34-19(31)9-3-12(24)16(28)13(25)4-9)17(29)14(26)5-33-18(30)8-1-10(22)15(27)11(23)2-8/h1-4,6,14,17,22-29,32H,5,7H2/t14-,17-,20-/m1/s1/i1D,3D. The van der Waals surface area contributed by atoms with Crippen LogP contribution < -0.4 is 0 Å². The first-order chi connectivity index (χ1) is 16.7. The number of carbonyl (C=O) groups is 3. The lowest BCUT2D eigenvalue weighted by Crippen LogP contribution is -2.55. The molecule has 0 aromatic heterocycles. The molecule has 0 saturated heterocycles. The quantitative estimate of drug-likeness (QED) is 0.112. The third kappa shape index (κ3) is 5.55. The molecule has 0 aliphatic heterocycles. The van der Waals surface area contributed by atoms with Gasteiger partial charge in [0.1, 0.15) is 25.4 Å². The number of phenols is 6. The molecule has 14 nitrogen and oxygen atoms in total. The Balaban J connectivity index is 2.09. The first kappa shape index (κ1) is 22.9. The SMILES string of the molecule is [2H]c1c(C(=O)OC[C@@H](O)[C@@H](O)[C@@](O)(C=O)COC(=O)c2cc(O)c(O)c(O)c2[2H])cc(O)c(O)c1O. The molecule has 2 rings (SSSR count). The molecule has 0 spiro atoms. The molecular weight excluding hydrogens is 464 g/mol. The number of aromatic hydroxyl groups is 6. The Bertz CT molecular complexity index is 1200. The lowest BCUT2D eigenvalue weighted by Gasteiger charge is -2.30. The fraction of sp³-hybridized carbons (Fsp3) is 0.250. The number of benzene rings is 2. The number of phenolic OH excluding ortho intramolecular Hbond substituents is 6. The van der Waals surface area contributed by atoms with Gasteiger partial charge in [-0.15, -0.1) is 0 Å². The highest BCUT2D eigenvalue weighted by Crippen LogP contribution is 2.36. The Labute approximate surface area is 192 Å². The molecule has 0 amide bonds. The number of rotatable bonds is 9. The van der Waals surface area contributed by atoms with Gasteiger partial charge in [-0.2, -0.15) is 0 Å². The average molecular weight is 486 g/mol. The van der Waals surface area contributed by atoms with Crippen molar-refractivity contribution in [2.45, 2.75) is 17.8 Å². The van der Waals surface area contributed by atoms with Crippen molar-refractivity contribution in [3.63, 3.8) is 0 Å². The summed E-state index contributed by atoms with van der Waals surface area (Å²) in [5, 5.41) is 87.1. The van der Waals surface area contributed by atoms with Crippen LogP contribution in [0.2, 0.25) is 0 Å². The van der Waals surface area contributed by atoms with Gasteiger partial charge in [0, 0.05) is 0 Å². The Kier molecular flexibility index (Phi) is 6.82. The minimum absolute atomic E-state index is 0.318. The van der Waals surface area contributed by atoms with E-state index in [1.165, 1.54) is 0 Å². The number of carbonyl (C=O) groups excluding carboxylic acids is 3. The van der Waals surface area contributed by atoms with E-state index in [1.54, 1.807) is 0 Å². The van der Waals surface area contributed by atoms with E-state index < -0.39 is 101 Å². The molecule has 0 aliphatic rings. The first-order valence-corrected chi connectivity index (χ1v) is 9.04. The van der Waals surface area contributed by atoms with Crippen LogP contribution >= 0.6 is 0 Å². The number of ether oxygens (including phenoxy) is 2. The Morgan fingerprint density at radius 1 is 0.882 bits per heavy atom.